The molecule has 0 spiro atoms. The zero-order chi connectivity index (χ0) is 13.0. The molecule has 0 aromatic heterocycles. The van der Waals surface area contributed by atoms with Gasteiger partial charge in [-0.1, -0.05) is 24.3 Å². The lowest BCUT2D eigenvalue weighted by molar-refractivity contribution is 0.222. The maximum atomic E-state index is 5.99. The standard InChI is InChI=1S/C15H17NO2/c1-11(18-12-7-4-3-5-8-12)15-13(16)9-6-10-14(15)17-2/h3-11H,16H2,1-2H3. The van der Waals surface area contributed by atoms with Gasteiger partial charge in [0.25, 0.3) is 0 Å². The number of ether oxygens (including phenoxy) is 2. The number of nitrogen functional groups attached to an aromatic ring is 1. The molecule has 2 aromatic rings. The van der Waals surface area contributed by atoms with Crippen molar-refractivity contribution in [3.63, 3.8) is 0 Å². The minimum Gasteiger partial charge on any atom is -0.496 e. The first kappa shape index (κ1) is 12.3. The van der Waals surface area contributed by atoms with Crippen LogP contribution in [0.15, 0.2) is 48.5 Å². The van der Waals surface area contributed by atoms with E-state index in [1.807, 2.05) is 55.5 Å². The Balaban J connectivity index is 2.26. The molecule has 3 heteroatoms. The number of nitrogens with two attached hydrogens (primary N) is 1. The van der Waals surface area contributed by atoms with Gasteiger partial charge in [0.15, 0.2) is 0 Å². The minimum absolute atomic E-state index is 0.163. The summed E-state index contributed by atoms with van der Waals surface area (Å²) in [5.74, 6) is 1.56. The lowest BCUT2D eigenvalue weighted by Gasteiger charge is -2.19. The van der Waals surface area contributed by atoms with Crippen molar-refractivity contribution in [2.75, 3.05) is 12.8 Å². The summed E-state index contributed by atoms with van der Waals surface area (Å²) in [7, 11) is 1.63. The molecular weight excluding hydrogens is 226 g/mol. The van der Waals surface area contributed by atoms with Gasteiger partial charge in [-0.3, -0.25) is 0 Å². The van der Waals surface area contributed by atoms with E-state index >= 15 is 0 Å². The van der Waals surface area contributed by atoms with Crippen LogP contribution in [0.5, 0.6) is 11.5 Å². The Morgan fingerprint density at radius 2 is 1.72 bits per heavy atom. The van der Waals surface area contributed by atoms with Crippen molar-refractivity contribution in [3.05, 3.63) is 54.1 Å². The van der Waals surface area contributed by atoms with Gasteiger partial charge < -0.3 is 15.2 Å². The van der Waals surface area contributed by atoms with Crippen LogP contribution in [-0.4, -0.2) is 7.11 Å². The number of methoxy groups -OCH3 is 1. The predicted molar refractivity (Wildman–Crippen MR) is 72.9 cm³/mol. The number of anilines is 1. The molecule has 1 atom stereocenters. The van der Waals surface area contributed by atoms with Crippen LogP contribution < -0.4 is 15.2 Å². The third-order valence-electron chi connectivity index (χ3n) is 2.78. The van der Waals surface area contributed by atoms with Crippen molar-refractivity contribution in [1.29, 1.82) is 0 Å². The highest BCUT2D eigenvalue weighted by molar-refractivity contribution is 5.55. The fourth-order valence-electron chi connectivity index (χ4n) is 1.94. The first-order valence-electron chi connectivity index (χ1n) is 5.86. The first-order valence-corrected chi connectivity index (χ1v) is 5.86. The second kappa shape index (κ2) is 5.45. The summed E-state index contributed by atoms with van der Waals surface area (Å²) < 4.78 is 11.2. The van der Waals surface area contributed by atoms with Crippen molar-refractivity contribution in [1.82, 2.24) is 0 Å². The molecular formula is C15H17NO2. The molecule has 2 N–H and O–H groups in total. The van der Waals surface area contributed by atoms with Crippen molar-refractivity contribution >= 4 is 5.69 Å². The molecule has 94 valence electrons. The first-order chi connectivity index (χ1) is 8.72. The molecule has 0 aliphatic carbocycles. The van der Waals surface area contributed by atoms with Crippen molar-refractivity contribution < 1.29 is 9.47 Å². The molecule has 2 aromatic carbocycles. The van der Waals surface area contributed by atoms with Crippen LogP contribution in [0.25, 0.3) is 0 Å². The molecule has 18 heavy (non-hydrogen) atoms. The van der Waals surface area contributed by atoms with Gasteiger partial charge in [0, 0.05) is 5.69 Å². The van der Waals surface area contributed by atoms with Crippen molar-refractivity contribution in [2.24, 2.45) is 0 Å². The highest BCUT2D eigenvalue weighted by Crippen LogP contribution is 2.33. The zero-order valence-electron chi connectivity index (χ0n) is 10.6. The third kappa shape index (κ3) is 2.56. The van der Waals surface area contributed by atoms with Crippen LogP contribution in [0, 0.1) is 0 Å². The summed E-state index contributed by atoms with van der Waals surface area (Å²) in [6.45, 7) is 1.96. The Hall–Kier alpha value is -2.16. The number of rotatable bonds is 4. The van der Waals surface area contributed by atoms with Gasteiger partial charge in [0.1, 0.15) is 17.6 Å². The van der Waals surface area contributed by atoms with E-state index in [1.165, 1.54) is 0 Å². The van der Waals surface area contributed by atoms with E-state index < -0.39 is 0 Å². The normalized spacial score (nSPS) is 11.9. The second-order valence-corrected chi connectivity index (χ2v) is 4.04. The molecule has 0 fully saturated rings. The van der Waals surface area contributed by atoms with Gasteiger partial charge in [-0.2, -0.15) is 0 Å². The highest BCUT2D eigenvalue weighted by Gasteiger charge is 2.16. The van der Waals surface area contributed by atoms with Crippen LogP contribution in [0.3, 0.4) is 0 Å². The SMILES string of the molecule is COc1cccc(N)c1C(C)Oc1ccccc1. The van der Waals surface area contributed by atoms with E-state index in [0.29, 0.717) is 5.69 Å². The van der Waals surface area contributed by atoms with Crippen LogP contribution >= 0.6 is 0 Å². The molecule has 0 amide bonds. The Kier molecular flexibility index (Phi) is 3.72. The molecule has 0 bridgehead atoms. The van der Waals surface area contributed by atoms with Gasteiger partial charge in [-0.15, -0.1) is 0 Å². The number of hydrogen-bond acceptors (Lipinski definition) is 3. The average Bonchev–Trinajstić information content (AvgIpc) is 2.39. The van der Waals surface area contributed by atoms with Crippen LogP contribution in [0.1, 0.15) is 18.6 Å². The number of para-hydroxylation sites is 1. The largest absolute Gasteiger partial charge is 0.496 e. The van der Waals surface area contributed by atoms with Crippen molar-refractivity contribution in [3.8, 4) is 11.5 Å². The Bertz CT molecular complexity index is 511. The molecule has 0 saturated heterocycles. The van der Waals surface area contributed by atoms with Gasteiger partial charge >= 0.3 is 0 Å². The monoisotopic (exact) mass is 243 g/mol. The molecule has 2 rings (SSSR count). The van der Waals surface area contributed by atoms with Crippen molar-refractivity contribution in [2.45, 2.75) is 13.0 Å². The van der Waals surface area contributed by atoms with Gasteiger partial charge in [0.2, 0.25) is 0 Å². The van der Waals surface area contributed by atoms with Crippen LogP contribution in [-0.2, 0) is 0 Å². The lowest BCUT2D eigenvalue weighted by Crippen LogP contribution is -2.08. The number of benzene rings is 2. The van der Waals surface area contributed by atoms with E-state index in [2.05, 4.69) is 0 Å². The minimum atomic E-state index is -0.163. The Morgan fingerprint density at radius 3 is 2.39 bits per heavy atom. The smallest absolute Gasteiger partial charge is 0.127 e. The van der Waals surface area contributed by atoms with E-state index in [-0.39, 0.29) is 6.10 Å². The van der Waals surface area contributed by atoms with Crippen LogP contribution in [0.2, 0.25) is 0 Å². The van der Waals surface area contributed by atoms with Crippen LogP contribution in [0.4, 0.5) is 5.69 Å². The third-order valence-corrected chi connectivity index (χ3v) is 2.78. The summed E-state index contributed by atoms with van der Waals surface area (Å²) in [5.41, 5.74) is 7.55. The summed E-state index contributed by atoms with van der Waals surface area (Å²) in [5, 5.41) is 0. The van der Waals surface area contributed by atoms with E-state index in [1.54, 1.807) is 7.11 Å². The fraction of sp³-hybridized carbons (Fsp3) is 0.200. The number of hydrogen-bond donors (Lipinski definition) is 1. The molecule has 0 heterocycles. The lowest BCUT2D eigenvalue weighted by atomic mass is 10.1. The molecule has 3 nitrogen and oxygen atoms in total. The van der Waals surface area contributed by atoms with Gasteiger partial charge in [-0.05, 0) is 31.2 Å². The quantitative estimate of drug-likeness (QED) is 0.837. The van der Waals surface area contributed by atoms with Gasteiger partial charge in [-0.25, -0.2) is 0 Å². The second-order valence-electron chi connectivity index (χ2n) is 4.04. The maximum absolute atomic E-state index is 5.99. The summed E-state index contributed by atoms with van der Waals surface area (Å²) in [6.07, 6.45) is -0.163. The zero-order valence-corrected chi connectivity index (χ0v) is 10.6. The van der Waals surface area contributed by atoms with E-state index in [4.69, 9.17) is 15.2 Å². The fourth-order valence-corrected chi connectivity index (χ4v) is 1.94. The van der Waals surface area contributed by atoms with E-state index in [9.17, 15) is 0 Å². The topological polar surface area (TPSA) is 44.5 Å². The molecule has 1 unspecified atom stereocenters. The summed E-state index contributed by atoms with van der Waals surface area (Å²) >= 11 is 0. The molecule has 0 aliphatic heterocycles. The maximum Gasteiger partial charge on any atom is 0.127 e. The Labute approximate surface area is 107 Å². The van der Waals surface area contributed by atoms with Gasteiger partial charge in [0.05, 0.1) is 12.7 Å². The van der Waals surface area contributed by atoms with E-state index in [0.717, 1.165) is 17.1 Å². The molecule has 0 aliphatic rings. The average molecular weight is 243 g/mol. The Morgan fingerprint density at radius 1 is 1.00 bits per heavy atom. The summed E-state index contributed by atoms with van der Waals surface area (Å²) in [6, 6.07) is 15.3. The molecule has 0 radical (unpaired) electrons. The molecule has 0 saturated carbocycles. The summed E-state index contributed by atoms with van der Waals surface area (Å²) in [4.78, 5) is 0. The highest BCUT2D eigenvalue weighted by atomic mass is 16.5. The predicted octanol–water partition coefficient (Wildman–Crippen LogP) is 3.42.